The van der Waals surface area contributed by atoms with E-state index in [0.29, 0.717) is 0 Å². The van der Waals surface area contributed by atoms with Gasteiger partial charge >= 0.3 is 0 Å². The zero-order valence-corrected chi connectivity index (χ0v) is 11.1. The first-order valence-corrected chi connectivity index (χ1v) is 6.09. The Bertz CT molecular complexity index is 596. The number of hydrogen-bond acceptors (Lipinski definition) is 3. The summed E-state index contributed by atoms with van der Waals surface area (Å²) in [7, 11) is 0. The third kappa shape index (κ3) is 2.86. The van der Waals surface area contributed by atoms with E-state index in [1.807, 2.05) is 0 Å². The molecule has 1 atom stereocenters. The van der Waals surface area contributed by atoms with Crippen LogP contribution in [-0.2, 0) is 0 Å². The van der Waals surface area contributed by atoms with Gasteiger partial charge in [0, 0.05) is 17.0 Å². The standard InChI is InChI=1S/C12H9ClF4N2O2/c13-7-3-1-2-6(4-7)10(20)19-12(21,11(16)17)5-8(18-19)9(14)15/h1-4,9,11,21H,5H2/t12-/m1/s1. The molecule has 21 heavy (non-hydrogen) atoms. The van der Waals surface area contributed by atoms with Gasteiger partial charge in [0.1, 0.15) is 5.71 Å². The van der Waals surface area contributed by atoms with Gasteiger partial charge < -0.3 is 5.11 Å². The molecule has 0 aliphatic carbocycles. The van der Waals surface area contributed by atoms with Gasteiger partial charge in [0.15, 0.2) is 0 Å². The van der Waals surface area contributed by atoms with Crippen molar-refractivity contribution in [2.75, 3.05) is 0 Å². The molecule has 1 N–H and O–H groups in total. The lowest BCUT2D eigenvalue weighted by Gasteiger charge is -2.30. The predicted molar refractivity (Wildman–Crippen MR) is 66.6 cm³/mol. The molecule has 0 spiro atoms. The molecule has 9 heteroatoms. The van der Waals surface area contributed by atoms with Crippen molar-refractivity contribution >= 4 is 23.2 Å². The molecule has 0 bridgehead atoms. The zero-order chi connectivity index (χ0) is 15.8. The summed E-state index contributed by atoms with van der Waals surface area (Å²) in [6.07, 6.45) is -7.72. The number of benzene rings is 1. The Labute approximate surface area is 121 Å². The molecule has 0 saturated heterocycles. The lowest BCUT2D eigenvalue weighted by Crippen LogP contribution is -2.51. The van der Waals surface area contributed by atoms with Gasteiger partial charge in [-0.3, -0.25) is 4.79 Å². The van der Waals surface area contributed by atoms with Crippen LogP contribution in [0.5, 0.6) is 0 Å². The molecule has 0 unspecified atom stereocenters. The van der Waals surface area contributed by atoms with Crippen LogP contribution in [0.15, 0.2) is 29.4 Å². The molecular formula is C12H9ClF4N2O2. The Morgan fingerprint density at radius 2 is 2.05 bits per heavy atom. The molecular weight excluding hydrogens is 316 g/mol. The van der Waals surface area contributed by atoms with E-state index in [0.717, 1.165) is 6.07 Å². The molecule has 4 nitrogen and oxygen atoms in total. The Kier molecular flexibility index (Phi) is 4.20. The molecule has 1 aliphatic rings. The summed E-state index contributed by atoms with van der Waals surface area (Å²) in [5, 5.41) is 13.1. The number of amides is 1. The summed E-state index contributed by atoms with van der Waals surface area (Å²) in [4.78, 5) is 12.1. The molecule has 0 fully saturated rings. The van der Waals surface area contributed by atoms with Gasteiger partial charge in [-0.15, -0.1) is 0 Å². The van der Waals surface area contributed by atoms with Gasteiger partial charge in [-0.25, -0.2) is 17.6 Å². The molecule has 114 valence electrons. The van der Waals surface area contributed by atoms with Crippen molar-refractivity contribution in [1.82, 2.24) is 5.01 Å². The average molecular weight is 325 g/mol. The minimum absolute atomic E-state index is 0.00910. The first-order valence-electron chi connectivity index (χ1n) is 5.72. The SMILES string of the molecule is O=C(c1cccc(Cl)c1)N1N=C(C(F)F)C[C@@]1(O)C(F)F. The number of carbonyl (C=O) groups excluding carboxylic acids is 1. The second kappa shape index (κ2) is 5.61. The smallest absolute Gasteiger partial charge is 0.287 e. The molecule has 1 aromatic carbocycles. The van der Waals surface area contributed by atoms with E-state index in [1.54, 1.807) is 0 Å². The maximum atomic E-state index is 13.0. The van der Waals surface area contributed by atoms with Crippen LogP contribution in [0.4, 0.5) is 17.6 Å². The van der Waals surface area contributed by atoms with Crippen LogP contribution in [0.25, 0.3) is 0 Å². The topological polar surface area (TPSA) is 52.9 Å². The molecule has 2 rings (SSSR count). The minimum atomic E-state index is -3.46. The quantitative estimate of drug-likeness (QED) is 0.869. The number of halogens is 5. The Hall–Kier alpha value is -1.67. The molecule has 0 saturated carbocycles. The van der Waals surface area contributed by atoms with E-state index < -0.39 is 36.6 Å². The number of alkyl halides is 4. The number of carbonyl (C=O) groups is 1. The largest absolute Gasteiger partial charge is 0.364 e. The Morgan fingerprint density at radius 3 is 2.57 bits per heavy atom. The van der Waals surface area contributed by atoms with E-state index in [4.69, 9.17) is 11.6 Å². The second-order valence-corrected chi connectivity index (χ2v) is 4.81. The van der Waals surface area contributed by atoms with E-state index in [9.17, 15) is 27.5 Å². The molecule has 1 aromatic rings. The second-order valence-electron chi connectivity index (χ2n) is 4.38. The van der Waals surface area contributed by atoms with E-state index in [-0.39, 0.29) is 15.6 Å². The van der Waals surface area contributed by atoms with Crippen molar-refractivity contribution in [3.8, 4) is 0 Å². The van der Waals surface area contributed by atoms with Crippen molar-refractivity contribution in [2.45, 2.75) is 25.0 Å². The molecule has 1 heterocycles. The van der Waals surface area contributed by atoms with Gasteiger partial charge in [0.2, 0.25) is 5.72 Å². The summed E-state index contributed by atoms with van der Waals surface area (Å²) in [6, 6.07) is 5.22. The lowest BCUT2D eigenvalue weighted by atomic mass is 10.1. The van der Waals surface area contributed by atoms with Crippen LogP contribution in [0.2, 0.25) is 5.02 Å². The Morgan fingerprint density at radius 1 is 1.38 bits per heavy atom. The summed E-state index contributed by atoms with van der Waals surface area (Å²) in [5.74, 6) is -1.14. The van der Waals surface area contributed by atoms with E-state index in [2.05, 4.69) is 5.10 Å². The van der Waals surface area contributed by atoms with Gasteiger partial charge in [-0.1, -0.05) is 17.7 Å². The molecule has 0 radical (unpaired) electrons. The number of hydrogen-bond donors (Lipinski definition) is 1. The van der Waals surface area contributed by atoms with Gasteiger partial charge in [-0.05, 0) is 18.2 Å². The maximum Gasteiger partial charge on any atom is 0.287 e. The highest BCUT2D eigenvalue weighted by Crippen LogP contribution is 2.34. The van der Waals surface area contributed by atoms with Crippen LogP contribution in [-0.4, -0.2) is 40.3 Å². The van der Waals surface area contributed by atoms with Crippen LogP contribution >= 0.6 is 11.6 Å². The maximum absolute atomic E-state index is 13.0. The zero-order valence-electron chi connectivity index (χ0n) is 10.3. The van der Waals surface area contributed by atoms with Crippen molar-refractivity contribution in [3.05, 3.63) is 34.9 Å². The summed E-state index contributed by atoms with van der Waals surface area (Å²) in [5.41, 5.74) is -4.22. The van der Waals surface area contributed by atoms with Gasteiger partial charge in [-0.2, -0.15) is 10.1 Å². The lowest BCUT2D eigenvalue weighted by molar-refractivity contribution is -0.164. The average Bonchev–Trinajstić information content (AvgIpc) is 2.77. The van der Waals surface area contributed by atoms with Crippen LogP contribution in [0, 0.1) is 0 Å². The van der Waals surface area contributed by atoms with E-state index in [1.165, 1.54) is 18.2 Å². The molecule has 0 aromatic heterocycles. The minimum Gasteiger partial charge on any atom is -0.364 e. The highest BCUT2D eigenvalue weighted by molar-refractivity contribution is 6.31. The van der Waals surface area contributed by atoms with Crippen molar-refractivity contribution < 1.29 is 27.5 Å². The van der Waals surface area contributed by atoms with Crippen LogP contribution < -0.4 is 0 Å². The van der Waals surface area contributed by atoms with Crippen LogP contribution in [0.1, 0.15) is 16.8 Å². The summed E-state index contributed by atoms with van der Waals surface area (Å²) in [6.45, 7) is 0. The highest BCUT2D eigenvalue weighted by Gasteiger charge is 2.53. The van der Waals surface area contributed by atoms with Crippen molar-refractivity contribution in [2.24, 2.45) is 5.10 Å². The van der Waals surface area contributed by atoms with E-state index >= 15 is 0 Å². The first kappa shape index (κ1) is 15.7. The fourth-order valence-electron chi connectivity index (χ4n) is 1.85. The first-order chi connectivity index (χ1) is 9.75. The fraction of sp³-hybridized carbons (Fsp3) is 0.333. The van der Waals surface area contributed by atoms with Crippen molar-refractivity contribution in [1.29, 1.82) is 0 Å². The monoisotopic (exact) mass is 324 g/mol. The summed E-state index contributed by atoms with van der Waals surface area (Å²) < 4.78 is 51.2. The molecule has 1 amide bonds. The fourth-order valence-corrected chi connectivity index (χ4v) is 2.04. The third-order valence-electron chi connectivity index (χ3n) is 2.90. The highest BCUT2D eigenvalue weighted by atomic mass is 35.5. The number of rotatable bonds is 3. The van der Waals surface area contributed by atoms with Gasteiger partial charge in [0.25, 0.3) is 18.8 Å². The number of nitrogens with zero attached hydrogens (tertiary/aromatic N) is 2. The summed E-state index contributed by atoms with van der Waals surface area (Å²) >= 11 is 5.67. The number of aliphatic hydroxyl groups is 1. The van der Waals surface area contributed by atoms with Gasteiger partial charge in [0.05, 0.1) is 0 Å². The predicted octanol–water partition coefficient (Wildman–Crippen LogP) is 2.76. The number of hydrazone groups is 1. The molecule has 1 aliphatic heterocycles. The van der Waals surface area contributed by atoms with Crippen LogP contribution in [0.3, 0.4) is 0 Å². The van der Waals surface area contributed by atoms with Crippen molar-refractivity contribution in [3.63, 3.8) is 0 Å². The normalized spacial score (nSPS) is 22.1. The third-order valence-corrected chi connectivity index (χ3v) is 3.14. The Balaban J connectivity index is 2.40.